The second-order valence-electron chi connectivity index (χ2n) is 8.71. The molecular formula is C26H30O. The van der Waals surface area contributed by atoms with Gasteiger partial charge in [-0.3, -0.25) is 0 Å². The van der Waals surface area contributed by atoms with Crippen molar-refractivity contribution in [3.8, 4) is 5.75 Å². The first-order valence-corrected chi connectivity index (χ1v) is 9.60. The van der Waals surface area contributed by atoms with Gasteiger partial charge < -0.3 is 5.11 Å². The molecule has 140 valence electrons. The maximum absolute atomic E-state index is 10.7. The summed E-state index contributed by atoms with van der Waals surface area (Å²) in [5.74, 6) is 0.351. The molecule has 0 saturated carbocycles. The zero-order chi connectivity index (χ0) is 19.8. The molecule has 0 aliphatic heterocycles. The minimum Gasteiger partial charge on any atom is -0.508 e. The predicted octanol–water partition coefficient (Wildman–Crippen LogP) is 6.66. The lowest BCUT2D eigenvalue weighted by molar-refractivity contribution is 0.451. The molecule has 0 aliphatic carbocycles. The van der Waals surface area contributed by atoms with Crippen LogP contribution in [0.25, 0.3) is 0 Å². The van der Waals surface area contributed by atoms with Crippen molar-refractivity contribution in [2.45, 2.75) is 52.4 Å². The number of rotatable bonds is 4. The molecule has 0 radical (unpaired) electrons. The van der Waals surface area contributed by atoms with Gasteiger partial charge in [-0.25, -0.2) is 0 Å². The molecule has 0 bridgehead atoms. The molecule has 1 N–H and O–H groups in total. The molecule has 0 unspecified atom stereocenters. The number of hydrogen-bond acceptors (Lipinski definition) is 1. The average Bonchev–Trinajstić information content (AvgIpc) is 2.62. The number of aromatic hydroxyl groups is 1. The van der Waals surface area contributed by atoms with Gasteiger partial charge >= 0.3 is 0 Å². The number of benzene rings is 3. The first-order valence-electron chi connectivity index (χ1n) is 9.60. The van der Waals surface area contributed by atoms with Gasteiger partial charge in [-0.05, 0) is 36.6 Å². The van der Waals surface area contributed by atoms with E-state index in [-0.39, 0.29) is 10.8 Å². The van der Waals surface area contributed by atoms with Crippen LogP contribution in [0.5, 0.6) is 5.75 Å². The van der Waals surface area contributed by atoms with E-state index in [1.54, 1.807) is 0 Å². The predicted molar refractivity (Wildman–Crippen MR) is 115 cm³/mol. The summed E-state index contributed by atoms with van der Waals surface area (Å²) in [4.78, 5) is 0. The maximum atomic E-state index is 10.7. The first-order chi connectivity index (χ1) is 12.6. The van der Waals surface area contributed by atoms with Crippen molar-refractivity contribution < 1.29 is 5.11 Å². The second kappa shape index (κ2) is 6.88. The van der Waals surface area contributed by atoms with E-state index in [2.05, 4.69) is 96.1 Å². The van der Waals surface area contributed by atoms with Crippen LogP contribution in [0.4, 0.5) is 0 Å². The van der Waals surface area contributed by atoms with Gasteiger partial charge in [-0.2, -0.15) is 0 Å². The molecule has 0 aromatic heterocycles. The van der Waals surface area contributed by atoms with Crippen LogP contribution in [0.1, 0.15) is 61.1 Å². The molecule has 3 rings (SSSR count). The van der Waals surface area contributed by atoms with E-state index < -0.39 is 0 Å². The molecule has 27 heavy (non-hydrogen) atoms. The SMILES string of the molecule is Cc1ccc(C(C)(C)c2ccc(O)c(C(C)(C)c3ccc(C)cc3)c2)cc1. The lowest BCUT2D eigenvalue weighted by Crippen LogP contribution is -2.23. The van der Waals surface area contributed by atoms with Gasteiger partial charge in [0, 0.05) is 16.4 Å². The van der Waals surface area contributed by atoms with Crippen LogP contribution < -0.4 is 0 Å². The summed E-state index contributed by atoms with van der Waals surface area (Å²) in [6.07, 6.45) is 0. The summed E-state index contributed by atoms with van der Waals surface area (Å²) in [6.45, 7) is 13.0. The molecule has 3 aromatic rings. The molecule has 0 atom stereocenters. The Morgan fingerprint density at radius 2 is 0.963 bits per heavy atom. The third kappa shape index (κ3) is 3.64. The highest BCUT2D eigenvalue weighted by molar-refractivity contribution is 5.50. The largest absolute Gasteiger partial charge is 0.508 e. The van der Waals surface area contributed by atoms with Crippen LogP contribution in [-0.4, -0.2) is 5.11 Å². The van der Waals surface area contributed by atoms with Crippen molar-refractivity contribution >= 4 is 0 Å². The number of aryl methyl sites for hydroxylation is 2. The Bertz CT molecular complexity index is 929. The Labute approximate surface area is 163 Å². The van der Waals surface area contributed by atoms with Gasteiger partial charge in [0.05, 0.1) is 0 Å². The summed E-state index contributed by atoms with van der Waals surface area (Å²) in [7, 11) is 0. The highest BCUT2D eigenvalue weighted by atomic mass is 16.3. The third-order valence-corrected chi connectivity index (χ3v) is 5.94. The fraction of sp³-hybridized carbons (Fsp3) is 0.308. The lowest BCUT2D eigenvalue weighted by Gasteiger charge is -2.31. The van der Waals surface area contributed by atoms with Gasteiger partial charge in [0.15, 0.2) is 0 Å². The van der Waals surface area contributed by atoms with E-state index in [1.165, 1.54) is 27.8 Å². The monoisotopic (exact) mass is 358 g/mol. The van der Waals surface area contributed by atoms with Crippen LogP contribution in [0.2, 0.25) is 0 Å². The van der Waals surface area contributed by atoms with Crippen molar-refractivity contribution in [3.05, 3.63) is 100 Å². The van der Waals surface area contributed by atoms with Gasteiger partial charge in [0.25, 0.3) is 0 Å². The summed E-state index contributed by atoms with van der Waals surface area (Å²) < 4.78 is 0. The molecule has 1 nitrogen and oxygen atoms in total. The lowest BCUT2D eigenvalue weighted by atomic mass is 9.73. The summed E-state index contributed by atoms with van der Waals surface area (Å²) in [5.41, 5.74) is 6.74. The Hall–Kier alpha value is -2.54. The minimum absolute atomic E-state index is 0.139. The van der Waals surface area contributed by atoms with Gasteiger partial charge in [0.1, 0.15) is 5.75 Å². The van der Waals surface area contributed by atoms with Crippen molar-refractivity contribution in [1.82, 2.24) is 0 Å². The van der Waals surface area contributed by atoms with E-state index in [0.717, 1.165) is 5.56 Å². The van der Waals surface area contributed by atoms with Crippen LogP contribution in [-0.2, 0) is 10.8 Å². The fourth-order valence-corrected chi connectivity index (χ4v) is 3.69. The molecule has 3 aromatic carbocycles. The van der Waals surface area contributed by atoms with Crippen molar-refractivity contribution in [2.75, 3.05) is 0 Å². The van der Waals surface area contributed by atoms with Gasteiger partial charge in [-0.15, -0.1) is 0 Å². The standard InChI is InChI=1S/C26H30O/c1-18-7-11-20(12-8-18)25(3,4)22-15-16-24(27)23(17-22)26(5,6)21-13-9-19(2)10-14-21/h7-17,27H,1-6H3. The normalized spacial score (nSPS) is 12.2. The summed E-state index contributed by atoms with van der Waals surface area (Å²) >= 11 is 0. The molecule has 0 heterocycles. The molecule has 0 spiro atoms. The Morgan fingerprint density at radius 1 is 0.556 bits per heavy atom. The van der Waals surface area contributed by atoms with E-state index in [9.17, 15) is 5.11 Å². The second-order valence-corrected chi connectivity index (χ2v) is 8.71. The first kappa shape index (κ1) is 19.2. The van der Waals surface area contributed by atoms with Gasteiger partial charge in [0.2, 0.25) is 0 Å². The van der Waals surface area contributed by atoms with Crippen molar-refractivity contribution in [3.63, 3.8) is 0 Å². The van der Waals surface area contributed by atoms with Crippen LogP contribution in [0.3, 0.4) is 0 Å². The van der Waals surface area contributed by atoms with E-state index >= 15 is 0 Å². The molecule has 0 fully saturated rings. The van der Waals surface area contributed by atoms with Crippen LogP contribution in [0, 0.1) is 13.8 Å². The quantitative estimate of drug-likeness (QED) is 0.553. The number of phenols is 1. The van der Waals surface area contributed by atoms with E-state index in [4.69, 9.17) is 0 Å². The van der Waals surface area contributed by atoms with Crippen LogP contribution in [0.15, 0.2) is 66.7 Å². The van der Waals surface area contributed by atoms with Crippen LogP contribution >= 0.6 is 0 Å². The highest BCUT2D eigenvalue weighted by Gasteiger charge is 2.30. The molecule has 0 saturated heterocycles. The molecule has 1 heteroatoms. The Morgan fingerprint density at radius 3 is 1.44 bits per heavy atom. The maximum Gasteiger partial charge on any atom is 0.119 e. The molecule has 0 aliphatic rings. The summed E-state index contributed by atoms with van der Waals surface area (Å²) in [6, 6.07) is 23.4. The molecule has 0 amide bonds. The highest BCUT2D eigenvalue weighted by Crippen LogP contribution is 2.41. The fourth-order valence-electron chi connectivity index (χ4n) is 3.69. The Kier molecular flexibility index (Phi) is 4.90. The summed E-state index contributed by atoms with van der Waals surface area (Å²) in [5, 5.41) is 10.7. The average molecular weight is 359 g/mol. The smallest absolute Gasteiger partial charge is 0.119 e. The zero-order valence-corrected chi connectivity index (χ0v) is 17.3. The molecular weight excluding hydrogens is 328 g/mol. The number of phenolic OH excluding ortho intramolecular Hbond substituents is 1. The van der Waals surface area contributed by atoms with Crippen molar-refractivity contribution in [2.24, 2.45) is 0 Å². The van der Waals surface area contributed by atoms with Crippen molar-refractivity contribution in [1.29, 1.82) is 0 Å². The minimum atomic E-state index is -0.281. The van der Waals surface area contributed by atoms with E-state index in [0.29, 0.717) is 5.75 Å². The topological polar surface area (TPSA) is 20.2 Å². The Balaban J connectivity index is 2.08. The van der Waals surface area contributed by atoms with Gasteiger partial charge in [-0.1, -0.05) is 99.5 Å². The number of hydrogen-bond donors (Lipinski definition) is 1. The zero-order valence-electron chi connectivity index (χ0n) is 17.3. The van der Waals surface area contributed by atoms with E-state index in [1.807, 2.05) is 12.1 Å². The third-order valence-electron chi connectivity index (χ3n) is 5.94.